The fourth-order valence-electron chi connectivity index (χ4n) is 2.09. The van der Waals surface area contributed by atoms with E-state index in [0.29, 0.717) is 0 Å². The van der Waals surface area contributed by atoms with E-state index in [0.717, 1.165) is 24.5 Å². The van der Waals surface area contributed by atoms with Crippen LogP contribution in [0.5, 0.6) is 0 Å². The van der Waals surface area contributed by atoms with Crippen LogP contribution in [0.25, 0.3) is 0 Å². The molecule has 0 fully saturated rings. The molecule has 76 valence electrons. The van der Waals surface area contributed by atoms with Gasteiger partial charge in [-0.3, -0.25) is 0 Å². The second-order valence-corrected chi connectivity index (χ2v) is 3.96. The lowest BCUT2D eigenvalue weighted by molar-refractivity contribution is 0.190. The molecule has 14 heavy (non-hydrogen) atoms. The van der Waals surface area contributed by atoms with E-state index in [1.54, 1.807) is 6.92 Å². The summed E-state index contributed by atoms with van der Waals surface area (Å²) in [6, 6.07) is 2.10. The van der Waals surface area contributed by atoms with Crippen molar-refractivity contribution in [3.63, 3.8) is 0 Å². The predicted molar refractivity (Wildman–Crippen MR) is 56.4 cm³/mol. The van der Waals surface area contributed by atoms with E-state index in [4.69, 9.17) is 0 Å². The Labute approximate surface area is 84.4 Å². The van der Waals surface area contributed by atoms with Gasteiger partial charge in [0.2, 0.25) is 0 Å². The summed E-state index contributed by atoms with van der Waals surface area (Å²) in [4.78, 5) is 6.44. The van der Waals surface area contributed by atoms with E-state index in [9.17, 15) is 5.11 Å². The lowest BCUT2D eigenvalue weighted by Gasteiger charge is -2.21. The molecule has 1 aromatic rings. The van der Waals surface area contributed by atoms with Crippen LogP contribution in [0.3, 0.4) is 0 Å². The van der Waals surface area contributed by atoms with E-state index in [2.05, 4.69) is 18.0 Å². The van der Waals surface area contributed by atoms with Gasteiger partial charge < -0.3 is 10.0 Å². The molecular formula is C11H16N2O. The van der Waals surface area contributed by atoms with Crippen LogP contribution < -0.4 is 4.90 Å². The maximum Gasteiger partial charge on any atom is 0.134 e. The van der Waals surface area contributed by atoms with E-state index in [-0.39, 0.29) is 0 Å². The van der Waals surface area contributed by atoms with Crippen molar-refractivity contribution < 1.29 is 5.11 Å². The Bertz CT molecular complexity index is 361. The molecule has 1 aliphatic heterocycles. The van der Waals surface area contributed by atoms with Crippen molar-refractivity contribution in [2.45, 2.75) is 33.4 Å². The second-order valence-electron chi connectivity index (χ2n) is 3.96. The summed E-state index contributed by atoms with van der Waals surface area (Å²) in [5.74, 6) is 0.970. The maximum absolute atomic E-state index is 9.57. The second kappa shape index (κ2) is 3.24. The van der Waals surface area contributed by atoms with Gasteiger partial charge in [0.15, 0.2) is 0 Å². The topological polar surface area (TPSA) is 36.4 Å². The molecule has 1 unspecified atom stereocenters. The van der Waals surface area contributed by atoms with E-state index in [1.807, 2.05) is 11.8 Å². The first-order valence-corrected chi connectivity index (χ1v) is 5.01. The predicted octanol–water partition coefficient (Wildman–Crippen LogP) is 1.40. The molecule has 2 heterocycles. The highest BCUT2D eigenvalue weighted by Crippen LogP contribution is 2.29. The zero-order valence-corrected chi connectivity index (χ0v) is 8.91. The summed E-state index contributed by atoms with van der Waals surface area (Å²) >= 11 is 0. The Morgan fingerprint density at radius 1 is 1.50 bits per heavy atom. The van der Waals surface area contributed by atoms with Gasteiger partial charge in [0.1, 0.15) is 12.0 Å². The van der Waals surface area contributed by atoms with E-state index in [1.165, 1.54) is 11.1 Å². The molecule has 1 atom stereocenters. The fraction of sp³-hybridized carbons (Fsp3) is 0.545. The number of fused-ring (bicyclic) bond motifs is 1. The molecule has 3 heteroatoms. The van der Waals surface area contributed by atoms with Gasteiger partial charge in [-0.05, 0) is 44.4 Å². The van der Waals surface area contributed by atoms with Gasteiger partial charge in [-0.15, -0.1) is 0 Å². The molecule has 0 aromatic carbocycles. The van der Waals surface area contributed by atoms with Crippen molar-refractivity contribution in [2.24, 2.45) is 0 Å². The zero-order chi connectivity index (χ0) is 10.3. The highest BCUT2D eigenvalue weighted by Gasteiger charge is 2.25. The molecule has 0 spiro atoms. The molecule has 3 nitrogen and oxygen atoms in total. The number of pyridine rings is 1. The third kappa shape index (κ3) is 1.38. The van der Waals surface area contributed by atoms with Gasteiger partial charge in [-0.25, -0.2) is 4.98 Å². The molecule has 1 N–H and O–H groups in total. The van der Waals surface area contributed by atoms with Crippen molar-refractivity contribution in [3.8, 4) is 0 Å². The average Bonchev–Trinajstić information content (AvgIpc) is 2.47. The van der Waals surface area contributed by atoms with Crippen LogP contribution in [-0.4, -0.2) is 22.9 Å². The number of rotatable bonds is 1. The first kappa shape index (κ1) is 9.46. The van der Waals surface area contributed by atoms with Crippen LogP contribution in [0.15, 0.2) is 6.07 Å². The van der Waals surface area contributed by atoms with Crippen LogP contribution in [0, 0.1) is 13.8 Å². The van der Waals surface area contributed by atoms with Gasteiger partial charge in [0, 0.05) is 12.2 Å². The van der Waals surface area contributed by atoms with Crippen LogP contribution in [0.1, 0.15) is 23.7 Å². The third-order valence-electron chi connectivity index (χ3n) is 2.78. The molecule has 0 saturated carbocycles. The molecule has 0 saturated heterocycles. The summed E-state index contributed by atoms with van der Waals surface area (Å²) in [5.41, 5.74) is 3.60. The molecule has 0 amide bonds. The van der Waals surface area contributed by atoms with Crippen LogP contribution in [-0.2, 0) is 6.42 Å². The number of hydrogen-bond acceptors (Lipinski definition) is 3. The Balaban J connectivity index is 2.49. The molecule has 0 radical (unpaired) electrons. The van der Waals surface area contributed by atoms with Crippen molar-refractivity contribution in [2.75, 3.05) is 11.4 Å². The summed E-state index contributed by atoms with van der Waals surface area (Å²) < 4.78 is 0. The number of aliphatic hydroxyl groups is 1. The Kier molecular flexibility index (Phi) is 2.19. The molecule has 1 aromatic heterocycles. The first-order chi connectivity index (χ1) is 6.59. The highest BCUT2D eigenvalue weighted by molar-refractivity contribution is 5.56. The van der Waals surface area contributed by atoms with Gasteiger partial charge in [0.05, 0.1) is 0 Å². The first-order valence-electron chi connectivity index (χ1n) is 5.01. The van der Waals surface area contributed by atoms with Gasteiger partial charge in [-0.2, -0.15) is 0 Å². The molecule has 0 aliphatic carbocycles. The maximum atomic E-state index is 9.57. The van der Waals surface area contributed by atoms with Gasteiger partial charge in [0.25, 0.3) is 0 Å². The van der Waals surface area contributed by atoms with Crippen molar-refractivity contribution in [1.82, 2.24) is 4.98 Å². The van der Waals surface area contributed by atoms with Crippen LogP contribution >= 0.6 is 0 Å². The smallest absolute Gasteiger partial charge is 0.134 e. The lowest BCUT2D eigenvalue weighted by atomic mass is 10.1. The fourth-order valence-corrected chi connectivity index (χ4v) is 2.09. The quantitative estimate of drug-likeness (QED) is 0.730. The number of aromatic nitrogens is 1. The van der Waals surface area contributed by atoms with Crippen molar-refractivity contribution in [3.05, 3.63) is 22.9 Å². The summed E-state index contributed by atoms with van der Waals surface area (Å²) in [6.07, 6.45) is 0.559. The Morgan fingerprint density at radius 3 is 2.86 bits per heavy atom. The Hall–Kier alpha value is -1.09. The standard InChI is InChI=1S/C11H16N2O/c1-7-6-8(2)12-11-10(7)4-5-13(11)9(3)14/h6,9,14H,4-5H2,1-3H3. The van der Waals surface area contributed by atoms with E-state index < -0.39 is 6.23 Å². The summed E-state index contributed by atoms with van der Waals surface area (Å²) in [7, 11) is 0. The van der Waals surface area contributed by atoms with Crippen LogP contribution in [0.4, 0.5) is 5.82 Å². The van der Waals surface area contributed by atoms with Crippen molar-refractivity contribution in [1.29, 1.82) is 0 Å². The van der Waals surface area contributed by atoms with Gasteiger partial charge in [-0.1, -0.05) is 0 Å². The summed E-state index contributed by atoms with van der Waals surface area (Å²) in [5, 5.41) is 9.57. The minimum atomic E-state index is -0.440. The number of anilines is 1. The van der Waals surface area contributed by atoms with E-state index >= 15 is 0 Å². The van der Waals surface area contributed by atoms with Crippen molar-refractivity contribution >= 4 is 5.82 Å². The molecule has 2 rings (SSSR count). The SMILES string of the molecule is Cc1cc(C)c2c(n1)N(C(C)O)CC2. The molecular weight excluding hydrogens is 176 g/mol. The molecule has 0 bridgehead atoms. The largest absolute Gasteiger partial charge is 0.374 e. The lowest BCUT2D eigenvalue weighted by Crippen LogP contribution is -2.31. The number of aryl methyl sites for hydroxylation is 2. The number of aliphatic hydroxyl groups excluding tert-OH is 1. The number of nitrogens with zero attached hydrogens (tertiary/aromatic N) is 2. The monoisotopic (exact) mass is 192 g/mol. The average molecular weight is 192 g/mol. The Morgan fingerprint density at radius 2 is 2.21 bits per heavy atom. The van der Waals surface area contributed by atoms with Gasteiger partial charge >= 0.3 is 0 Å². The minimum Gasteiger partial charge on any atom is -0.374 e. The third-order valence-corrected chi connectivity index (χ3v) is 2.78. The van der Waals surface area contributed by atoms with Crippen LogP contribution in [0.2, 0.25) is 0 Å². The summed E-state index contributed by atoms with van der Waals surface area (Å²) in [6.45, 7) is 6.77. The zero-order valence-electron chi connectivity index (χ0n) is 8.91. The molecule has 1 aliphatic rings. The highest BCUT2D eigenvalue weighted by atomic mass is 16.3. The number of hydrogen-bond donors (Lipinski definition) is 1. The normalized spacial score (nSPS) is 17.0. The minimum absolute atomic E-state index is 0.440.